The lowest BCUT2D eigenvalue weighted by molar-refractivity contribution is -0.145. The van der Waals surface area contributed by atoms with Crippen LogP contribution in [0.3, 0.4) is 0 Å². The Morgan fingerprint density at radius 1 is 1.36 bits per heavy atom. The lowest BCUT2D eigenvalue weighted by atomic mass is 10.0. The molecular formula is C20H23N3O5. The van der Waals surface area contributed by atoms with Crippen LogP contribution in [0.25, 0.3) is 11.1 Å². The van der Waals surface area contributed by atoms with Crippen LogP contribution in [0.15, 0.2) is 29.3 Å². The SMILES string of the molecule is CCc1cc(-c2cncc(C(=O)N3C[C@H](O)C[C@H]3C(=O)OC)c2)c(C)[nH]c1=O. The number of aromatic amines is 1. The lowest BCUT2D eigenvalue weighted by Gasteiger charge is -2.22. The highest BCUT2D eigenvalue weighted by Gasteiger charge is 2.40. The number of ether oxygens (including phenoxy) is 1. The second-order valence-electron chi connectivity index (χ2n) is 6.86. The molecule has 1 aliphatic rings. The minimum Gasteiger partial charge on any atom is -0.467 e. The molecule has 0 aliphatic carbocycles. The summed E-state index contributed by atoms with van der Waals surface area (Å²) in [5, 5.41) is 9.91. The van der Waals surface area contributed by atoms with Crippen LogP contribution in [0.4, 0.5) is 0 Å². The van der Waals surface area contributed by atoms with Gasteiger partial charge >= 0.3 is 5.97 Å². The van der Waals surface area contributed by atoms with Crippen molar-refractivity contribution in [3.05, 3.63) is 51.7 Å². The third kappa shape index (κ3) is 3.68. The number of aliphatic hydroxyl groups excluding tert-OH is 1. The Bertz CT molecular complexity index is 969. The third-order valence-electron chi connectivity index (χ3n) is 5.01. The predicted molar refractivity (Wildman–Crippen MR) is 102 cm³/mol. The minimum atomic E-state index is -0.822. The van der Waals surface area contributed by atoms with Crippen molar-refractivity contribution in [2.24, 2.45) is 0 Å². The van der Waals surface area contributed by atoms with Gasteiger partial charge in [-0.25, -0.2) is 4.79 Å². The van der Waals surface area contributed by atoms with Crippen molar-refractivity contribution in [2.45, 2.75) is 38.8 Å². The summed E-state index contributed by atoms with van der Waals surface area (Å²) in [6, 6.07) is 2.66. The molecule has 0 spiro atoms. The first-order valence-corrected chi connectivity index (χ1v) is 9.10. The van der Waals surface area contributed by atoms with Crippen molar-refractivity contribution in [1.29, 1.82) is 0 Å². The van der Waals surface area contributed by atoms with E-state index < -0.39 is 24.0 Å². The van der Waals surface area contributed by atoms with Crippen molar-refractivity contribution < 1.29 is 19.4 Å². The highest BCUT2D eigenvalue weighted by atomic mass is 16.5. The molecule has 0 saturated carbocycles. The van der Waals surface area contributed by atoms with E-state index in [1.165, 1.54) is 18.2 Å². The molecule has 2 N–H and O–H groups in total. The number of carbonyl (C=O) groups excluding carboxylic acids is 2. The van der Waals surface area contributed by atoms with Gasteiger partial charge in [0.2, 0.25) is 0 Å². The molecule has 3 rings (SSSR count). The molecule has 1 amide bonds. The monoisotopic (exact) mass is 385 g/mol. The number of pyridine rings is 2. The molecule has 8 heteroatoms. The summed E-state index contributed by atoms with van der Waals surface area (Å²) in [5.41, 5.74) is 2.96. The van der Waals surface area contributed by atoms with Gasteiger partial charge in [-0.05, 0) is 25.5 Å². The molecular weight excluding hydrogens is 362 g/mol. The van der Waals surface area contributed by atoms with Gasteiger partial charge in [0, 0.05) is 47.7 Å². The molecule has 1 saturated heterocycles. The Morgan fingerprint density at radius 3 is 2.79 bits per heavy atom. The van der Waals surface area contributed by atoms with Crippen LogP contribution in [0.2, 0.25) is 0 Å². The van der Waals surface area contributed by atoms with Gasteiger partial charge in [-0.1, -0.05) is 6.92 Å². The molecule has 1 fully saturated rings. The molecule has 0 bridgehead atoms. The number of nitrogens with zero attached hydrogens (tertiary/aromatic N) is 2. The molecule has 1 aliphatic heterocycles. The van der Waals surface area contributed by atoms with E-state index >= 15 is 0 Å². The summed E-state index contributed by atoms with van der Waals surface area (Å²) < 4.78 is 4.75. The number of hydrogen-bond donors (Lipinski definition) is 2. The number of rotatable bonds is 4. The second-order valence-corrected chi connectivity index (χ2v) is 6.86. The number of nitrogens with one attached hydrogen (secondary N) is 1. The number of carbonyl (C=O) groups is 2. The zero-order valence-corrected chi connectivity index (χ0v) is 16.1. The Hall–Kier alpha value is -3.00. The summed E-state index contributed by atoms with van der Waals surface area (Å²) in [6.45, 7) is 3.74. The summed E-state index contributed by atoms with van der Waals surface area (Å²) in [5.74, 6) is -0.961. The first-order valence-electron chi connectivity index (χ1n) is 9.10. The maximum absolute atomic E-state index is 13.0. The number of likely N-dealkylation sites (tertiary alicyclic amines) is 1. The number of H-pyrrole nitrogens is 1. The summed E-state index contributed by atoms with van der Waals surface area (Å²) >= 11 is 0. The number of amides is 1. The average molecular weight is 385 g/mol. The Balaban J connectivity index is 1.97. The first kappa shape index (κ1) is 19.8. The van der Waals surface area contributed by atoms with Crippen LogP contribution >= 0.6 is 0 Å². The highest BCUT2D eigenvalue weighted by molar-refractivity contribution is 5.98. The Kier molecular flexibility index (Phi) is 5.60. The number of methoxy groups -OCH3 is 1. The van der Waals surface area contributed by atoms with Crippen molar-refractivity contribution in [2.75, 3.05) is 13.7 Å². The molecule has 28 heavy (non-hydrogen) atoms. The zero-order chi connectivity index (χ0) is 20.4. The van der Waals surface area contributed by atoms with Gasteiger partial charge in [-0.3, -0.25) is 14.6 Å². The van der Waals surface area contributed by atoms with Crippen LogP contribution < -0.4 is 5.56 Å². The number of aromatic nitrogens is 2. The van der Waals surface area contributed by atoms with E-state index in [0.29, 0.717) is 28.8 Å². The smallest absolute Gasteiger partial charge is 0.328 e. The van der Waals surface area contributed by atoms with E-state index in [2.05, 4.69) is 9.97 Å². The van der Waals surface area contributed by atoms with Crippen LogP contribution in [0.1, 0.15) is 35.0 Å². The summed E-state index contributed by atoms with van der Waals surface area (Å²) in [6.07, 6.45) is 2.99. The second kappa shape index (κ2) is 7.93. The van der Waals surface area contributed by atoms with Crippen LogP contribution in [-0.4, -0.2) is 57.7 Å². The minimum absolute atomic E-state index is 0.0560. The van der Waals surface area contributed by atoms with Gasteiger partial charge in [0.1, 0.15) is 6.04 Å². The van der Waals surface area contributed by atoms with Crippen LogP contribution in [-0.2, 0) is 16.0 Å². The predicted octanol–water partition coefficient (Wildman–Crippen LogP) is 1.06. The molecule has 3 heterocycles. The molecule has 0 radical (unpaired) electrons. The number of hydrogen-bond acceptors (Lipinski definition) is 6. The van der Waals surface area contributed by atoms with Crippen LogP contribution in [0, 0.1) is 6.92 Å². The molecule has 0 aromatic carbocycles. The lowest BCUT2D eigenvalue weighted by Crippen LogP contribution is -2.41. The fourth-order valence-corrected chi connectivity index (χ4v) is 3.50. The molecule has 0 unspecified atom stereocenters. The van der Waals surface area contributed by atoms with E-state index in [-0.39, 0.29) is 18.5 Å². The maximum atomic E-state index is 13.0. The van der Waals surface area contributed by atoms with E-state index in [9.17, 15) is 19.5 Å². The summed E-state index contributed by atoms with van der Waals surface area (Å²) in [4.78, 5) is 45.2. The van der Waals surface area contributed by atoms with Crippen molar-refractivity contribution in [3.63, 3.8) is 0 Å². The zero-order valence-electron chi connectivity index (χ0n) is 16.1. The van der Waals surface area contributed by atoms with E-state index in [4.69, 9.17) is 4.74 Å². The van der Waals surface area contributed by atoms with Crippen molar-refractivity contribution in [3.8, 4) is 11.1 Å². The quantitative estimate of drug-likeness (QED) is 0.761. The van der Waals surface area contributed by atoms with Gasteiger partial charge in [-0.15, -0.1) is 0 Å². The fourth-order valence-electron chi connectivity index (χ4n) is 3.50. The highest BCUT2D eigenvalue weighted by Crippen LogP contribution is 2.25. The van der Waals surface area contributed by atoms with Gasteiger partial charge in [0.25, 0.3) is 11.5 Å². The average Bonchev–Trinajstić information content (AvgIpc) is 3.08. The van der Waals surface area contributed by atoms with E-state index in [1.54, 1.807) is 25.3 Å². The largest absolute Gasteiger partial charge is 0.467 e. The van der Waals surface area contributed by atoms with Crippen molar-refractivity contribution >= 4 is 11.9 Å². The number of β-amino-alcohol motifs (C(OH)–C–C–N with tert-alkyl or cyclic N) is 1. The number of aliphatic hydroxyl groups is 1. The van der Waals surface area contributed by atoms with Gasteiger partial charge < -0.3 is 19.7 Å². The summed E-state index contributed by atoms with van der Waals surface area (Å²) in [7, 11) is 1.25. The number of aryl methyl sites for hydroxylation is 2. The molecule has 2 atom stereocenters. The van der Waals surface area contributed by atoms with Crippen LogP contribution in [0.5, 0.6) is 0 Å². The van der Waals surface area contributed by atoms with Gasteiger partial charge in [0.05, 0.1) is 18.8 Å². The number of esters is 1. The third-order valence-corrected chi connectivity index (χ3v) is 5.01. The first-order chi connectivity index (χ1) is 13.3. The van der Waals surface area contributed by atoms with Crippen molar-refractivity contribution in [1.82, 2.24) is 14.9 Å². The van der Waals surface area contributed by atoms with Gasteiger partial charge in [0.15, 0.2) is 0 Å². The molecule has 2 aromatic heterocycles. The fraction of sp³-hybridized carbons (Fsp3) is 0.400. The Morgan fingerprint density at radius 2 is 2.11 bits per heavy atom. The van der Waals surface area contributed by atoms with E-state index in [1.807, 2.05) is 6.92 Å². The topological polar surface area (TPSA) is 113 Å². The standard InChI is InChI=1S/C20H23N3O5/c1-4-12-6-16(11(2)22-18(12)25)13-5-14(9-21-8-13)19(26)23-10-15(24)7-17(23)20(27)28-3/h5-6,8-9,15,17,24H,4,7,10H2,1-3H3,(H,22,25)/t15-,17+/m1/s1. The van der Waals surface area contributed by atoms with Gasteiger partial charge in [-0.2, -0.15) is 0 Å². The Labute approximate surface area is 162 Å². The molecule has 2 aromatic rings. The normalized spacial score (nSPS) is 18.9. The molecule has 8 nitrogen and oxygen atoms in total. The molecule has 148 valence electrons. The maximum Gasteiger partial charge on any atom is 0.328 e. The van der Waals surface area contributed by atoms with E-state index in [0.717, 1.165) is 5.56 Å².